The van der Waals surface area contributed by atoms with Crippen molar-refractivity contribution in [1.29, 1.82) is 0 Å². The van der Waals surface area contributed by atoms with Crippen LogP contribution in [0.5, 0.6) is 5.75 Å². The van der Waals surface area contributed by atoms with Crippen molar-refractivity contribution >= 4 is 29.1 Å². The van der Waals surface area contributed by atoms with Crippen molar-refractivity contribution in [2.24, 2.45) is 0 Å². The molecule has 4 rings (SSSR count). The second kappa shape index (κ2) is 9.37. The van der Waals surface area contributed by atoms with E-state index in [9.17, 15) is 14.7 Å². The van der Waals surface area contributed by atoms with E-state index in [1.165, 1.54) is 0 Å². The molecule has 0 aromatic heterocycles. The van der Waals surface area contributed by atoms with Crippen molar-refractivity contribution in [3.63, 3.8) is 0 Å². The van der Waals surface area contributed by atoms with Gasteiger partial charge in [-0.3, -0.25) is 9.59 Å². The lowest BCUT2D eigenvalue weighted by molar-refractivity contribution is -0.141. The van der Waals surface area contributed by atoms with Gasteiger partial charge >= 0.3 is 0 Å². The Kier molecular flexibility index (Phi) is 6.56. The molecular weight excluding hydrogens is 426 g/mol. The largest absolute Gasteiger partial charge is 0.507 e. The molecule has 2 fully saturated rings. The van der Waals surface area contributed by atoms with Crippen molar-refractivity contribution in [1.82, 2.24) is 4.90 Å². The van der Waals surface area contributed by atoms with E-state index in [1.54, 1.807) is 23.1 Å². The monoisotopic (exact) mass is 453 g/mol. The van der Waals surface area contributed by atoms with Gasteiger partial charge in [0.05, 0.1) is 23.2 Å². The topological polar surface area (TPSA) is 66.8 Å². The zero-order valence-corrected chi connectivity index (χ0v) is 19.2. The number of amides is 1. The van der Waals surface area contributed by atoms with Crippen LogP contribution in [0.1, 0.15) is 61.8 Å². The molecule has 1 unspecified atom stereocenters. The Labute approximate surface area is 193 Å². The lowest BCUT2D eigenvalue weighted by atomic mass is 9.90. The van der Waals surface area contributed by atoms with E-state index in [1.807, 2.05) is 38.1 Å². The summed E-state index contributed by atoms with van der Waals surface area (Å²) in [5, 5.41) is 11.7. The summed E-state index contributed by atoms with van der Waals surface area (Å²) in [5.74, 6) is -0.964. The maximum Gasteiger partial charge on any atom is 0.295 e. The number of ketones is 1. The molecule has 5 nitrogen and oxygen atoms in total. The number of aryl methyl sites for hydroxylation is 1. The van der Waals surface area contributed by atoms with E-state index in [2.05, 4.69) is 0 Å². The molecule has 0 radical (unpaired) electrons. The molecule has 6 heteroatoms. The van der Waals surface area contributed by atoms with Crippen LogP contribution in [0, 0.1) is 6.92 Å². The first-order valence-electron chi connectivity index (χ1n) is 11.2. The third-order valence-electron chi connectivity index (χ3n) is 6.31. The Balaban J connectivity index is 1.87. The number of Topliss-reactive ketones (excluding diaryl/α,β-unsaturated/α-hetero) is 1. The molecule has 0 bridgehead atoms. The van der Waals surface area contributed by atoms with Gasteiger partial charge in [-0.25, -0.2) is 0 Å². The molecular formula is C26H28ClNO4. The van der Waals surface area contributed by atoms with Crippen LogP contribution in [0.2, 0.25) is 5.02 Å². The summed E-state index contributed by atoms with van der Waals surface area (Å²) in [4.78, 5) is 28.2. The van der Waals surface area contributed by atoms with E-state index in [0.717, 1.165) is 43.2 Å². The fraction of sp³-hybridized carbons (Fsp3) is 0.385. The standard InChI is InChI=1S/C26H28ClNO4/c1-3-32-21-15-18(12-13-20(21)27)24(29)22-23(17-9-7-8-16(2)14-17)28(26(31)25(22)30)19-10-5-4-6-11-19/h7-9,12-15,19,23,29H,3-6,10-11H2,1-2H3/b24-22-. The van der Waals surface area contributed by atoms with Gasteiger partial charge in [0.1, 0.15) is 11.5 Å². The summed E-state index contributed by atoms with van der Waals surface area (Å²) in [6.45, 7) is 4.24. The predicted molar refractivity (Wildman–Crippen MR) is 125 cm³/mol. The van der Waals surface area contributed by atoms with Crippen LogP contribution in [0.4, 0.5) is 0 Å². The number of benzene rings is 2. The summed E-state index contributed by atoms with van der Waals surface area (Å²) in [6.07, 6.45) is 4.93. The van der Waals surface area contributed by atoms with Gasteiger partial charge in [0.2, 0.25) is 0 Å². The van der Waals surface area contributed by atoms with Crippen molar-refractivity contribution < 1.29 is 19.4 Å². The van der Waals surface area contributed by atoms with Gasteiger partial charge in [-0.2, -0.15) is 0 Å². The zero-order valence-electron chi connectivity index (χ0n) is 18.4. The third kappa shape index (κ3) is 4.14. The lowest BCUT2D eigenvalue weighted by Gasteiger charge is -2.35. The molecule has 1 saturated heterocycles. The fourth-order valence-corrected chi connectivity index (χ4v) is 5.00. The minimum absolute atomic E-state index is 0.0137. The molecule has 1 aliphatic carbocycles. The summed E-state index contributed by atoms with van der Waals surface area (Å²) < 4.78 is 5.55. The van der Waals surface area contributed by atoms with E-state index < -0.39 is 17.7 Å². The Morgan fingerprint density at radius 2 is 1.88 bits per heavy atom. The van der Waals surface area contributed by atoms with E-state index in [4.69, 9.17) is 16.3 Å². The normalized spacial score (nSPS) is 21.2. The number of rotatable bonds is 5. The zero-order chi connectivity index (χ0) is 22.8. The van der Waals surface area contributed by atoms with Gasteiger partial charge in [-0.1, -0.05) is 60.7 Å². The van der Waals surface area contributed by atoms with Crippen molar-refractivity contribution in [3.8, 4) is 5.75 Å². The second-order valence-corrected chi connectivity index (χ2v) is 8.90. The molecule has 2 aromatic carbocycles. The number of aliphatic hydroxyl groups is 1. The average molecular weight is 454 g/mol. The van der Waals surface area contributed by atoms with Gasteiger partial charge in [-0.05, 0) is 50.5 Å². The molecule has 32 heavy (non-hydrogen) atoms. The molecule has 2 aromatic rings. The van der Waals surface area contributed by atoms with Crippen LogP contribution in [0.15, 0.2) is 48.0 Å². The highest BCUT2D eigenvalue weighted by atomic mass is 35.5. The minimum atomic E-state index is -0.646. The molecule has 0 spiro atoms. The number of aliphatic hydroxyl groups excluding tert-OH is 1. The quantitative estimate of drug-likeness (QED) is 0.353. The van der Waals surface area contributed by atoms with Crippen LogP contribution in [0.3, 0.4) is 0 Å². The van der Waals surface area contributed by atoms with E-state index >= 15 is 0 Å². The summed E-state index contributed by atoms with van der Waals surface area (Å²) in [7, 11) is 0. The first-order valence-corrected chi connectivity index (χ1v) is 11.6. The van der Waals surface area contributed by atoms with Gasteiger partial charge in [0.25, 0.3) is 11.7 Å². The smallest absolute Gasteiger partial charge is 0.295 e. The van der Waals surface area contributed by atoms with E-state index in [-0.39, 0.29) is 17.4 Å². The number of likely N-dealkylation sites (tertiary alicyclic amines) is 1. The Hall–Kier alpha value is -2.79. The highest BCUT2D eigenvalue weighted by molar-refractivity contribution is 6.46. The molecule has 1 saturated carbocycles. The summed E-state index contributed by atoms with van der Waals surface area (Å²) in [5.41, 5.74) is 2.38. The molecule has 1 amide bonds. The summed E-state index contributed by atoms with van der Waals surface area (Å²) >= 11 is 6.21. The fourth-order valence-electron chi connectivity index (χ4n) is 4.83. The second-order valence-electron chi connectivity index (χ2n) is 8.49. The predicted octanol–water partition coefficient (Wildman–Crippen LogP) is 5.80. The number of carbonyl (C=O) groups excluding carboxylic acids is 2. The Bertz CT molecular complexity index is 1070. The molecule has 1 atom stereocenters. The Morgan fingerprint density at radius 1 is 1.12 bits per heavy atom. The SMILES string of the molecule is CCOc1cc(/C(O)=C2/C(=O)C(=O)N(C3CCCCC3)C2c2cccc(C)c2)ccc1Cl. The molecule has 1 N–H and O–H groups in total. The van der Waals surface area contributed by atoms with Gasteiger partial charge in [-0.15, -0.1) is 0 Å². The van der Waals surface area contributed by atoms with Crippen molar-refractivity contribution in [2.75, 3.05) is 6.61 Å². The number of hydrogen-bond acceptors (Lipinski definition) is 4. The molecule has 168 valence electrons. The van der Waals surface area contributed by atoms with Gasteiger partial charge < -0.3 is 14.7 Å². The van der Waals surface area contributed by atoms with Crippen LogP contribution in [-0.2, 0) is 9.59 Å². The van der Waals surface area contributed by atoms with Crippen LogP contribution < -0.4 is 4.74 Å². The summed E-state index contributed by atoms with van der Waals surface area (Å²) in [6, 6.07) is 12.0. The van der Waals surface area contributed by atoms with Crippen LogP contribution in [-0.4, -0.2) is 34.3 Å². The van der Waals surface area contributed by atoms with Crippen LogP contribution >= 0.6 is 11.6 Å². The highest BCUT2D eigenvalue weighted by Gasteiger charge is 2.48. The number of halogens is 1. The van der Waals surface area contributed by atoms with Crippen molar-refractivity contribution in [2.45, 2.75) is 58.0 Å². The molecule has 1 aliphatic heterocycles. The molecule has 2 aliphatic rings. The number of hydrogen-bond donors (Lipinski definition) is 1. The minimum Gasteiger partial charge on any atom is -0.507 e. The first-order chi connectivity index (χ1) is 15.4. The average Bonchev–Trinajstić information content (AvgIpc) is 3.06. The van der Waals surface area contributed by atoms with Crippen LogP contribution in [0.25, 0.3) is 5.76 Å². The third-order valence-corrected chi connectivity index (χ3v) is 6.62. The highest BCUT2D eigenvalue weighted by Crippen LogP contribution is 2.43. The van der Waals surface area contributed by atoms with Gasteiger partial charge in [0, 0.05) is 11.6 Å². The maximum absolute atomic E-state index is 13.3. The van der Waals surface area contributed by atoms with Gasteiger partial charge in [0.15, 0.2) is 0 Å². The van der Waals surface area contributed by atoms with Crippen molar-refractivity contribution in [3.05, 3.63) is 69.8 Å². The maximum atomic E-state index is 13.3. The first kappa shape index (κ1) is 22.4. The number of carbonyl (C=O) groups is 2. The number of ether oxygens (including phenoxy) is 1. The molecule has 1 heterocycles. The lowest BCUT2D eigenvalue weighted by Crippen LogP contribution is -2.40. The van der Waals surface area contributed by atoms with E-state index in [0.29, 0.717) is 22.9 Å². The number of nitrogens with zero attached hydrogens (tertiary/aromatic N) is 1. The Morgan fingerprint density at radius 3 is 2.56 bits per heavy atom.